The molecule has 1 aliphatic rings. The Balaban J connectivity index is 1.92. The molecule has 106 valence electrons. The van der Waals surface area contributed by atoms with Gasteiger partial charge in [0, 0.05) is 36.7 Å². The molecule has 0 atom stereocenters. The van der Waals surface area contributed by atoms with Crippen LogP contribution in [0.2, 0.25) is 0 Å². The third-order valence-corrected chi connectivity index (χ3v) is 3.80. The summed E-state index contributed by atoms with van der Waals surface area (Å²) in [5.41, 5.74) is 7.99. The van der Waals surface area contributed by atoms with E-state index in [9.17, 15) is 8.78 Å². The number of nitrogens with zero attached hydrogens (tertiary/aromatic N) is 2. The van der Waals surface area contributed by atoms with Crippen molar-refractivity contribution >= 4 is 5.88 Å². The van der Waals surface area contributed by atoms with E-state index in [0.29, 0.717) is 24.1 Å². The first-order chi connectivity index (χ1) is 9.57. The number of aromatic nitrogens is 2. The van der Waals surface area contributed by atoms with E-state index in [1.165, 1.54) is 0 Å². The first-order valence-electron chi connectivity index (χ1n) is 6.60. The number of nitrogens with two attached hydrogens (primary N) is 1. The van der Waals surface area contributed by atoms with Crippen LogP contribution >= 0.6 is 0 Å². The van der Waals surface area contributed by atoms with Crippen LogP contribution in [-0.4, -0.2) is 16.1 Å². The van der Waals surface area contributed by atoms with E-state index < -0.39 is 5.92 Å². The second kappa shape index (κ2) is 4.85. The molecule has 6 heteroatoms. The summed E-state index contributed by atoms with van der Waals surface area (Å²) in [6.45, 7) is 0. The zero-order chi connectivity index (χ0) is 14.2. The van der Waals surface area contributed by atoms with Gasteiger partial charge in [-0.25, -0.2) is 8.78 Å². The SMILES string of the molecule is Nc1onc(C2CCC(F)(F)CC2)c1-c1cccnc1. The largest absolute Gasteiger partial charge is 0.367 e. The van der Waals surface area contributed by atoms with Crippen LogP contribution in [0, 0.1) is 0 Å². The molecule has 0 aliphatic heterocycles. The van der Waals surface area contributed by atoms with Crippen molar-refractivity contribution in [2.24, 2.45) is 0 Å². The third kappa shape index (κ3) is 2.37. The molecule has 2 aromatic heterocycles. The van der Waals surface area contributed by atoms with Gasteiger partial charge in [0.25, 0.3) is 0 Å². The Bertz CT molecular complexity index is 588. The summed E-state index contributed by atoms with van der Waals surface area (Å²) < 4.78 is 31.6. The number of halogens is 2. The third-order valence-electron chi connectivity index (χ3n) is 3.80. The molecule has 0 spiro atoms. The van der Waals surface area contributed by atoms with Gasteiger partial charge in [0.2, 0.25) is 11.8 Å². The average Bonchev–Trinajstić information content (AvgIpc) is 2.82. The van der Waals surface area contributed by atoms with Crippen LogP contribution in [0.1, 0.15) is 37.3 Å². The van der Waals surface area contributed by atoms with Gasteiger partial charge in [-0.1, -0.05) is 11.2 Å². The van der Waals surface area contributed by atoms with Gasteiger partial charge in [-0.15, -0.1) is 0 Å². The molecule has 0 bridgehead atoms. The number of hydrogen-bond acceptors (Lipinski definition) is 4. The van der Waals surface area contributed by atoms with Gasteiger partial charge in [0.15, 0.2) is 0 Å². The zero-order valence-electron chi connectivity index (χ0n) is 10.9. The first-order valence-corrected chi connectivity index (χ1v) is 6.60. The molecule has 0 aromatic carbocycles. The van der Waals surface area contributed by atoms with Crippen LogP contribution in [0.4, 0.5) is 14.7 Å². The van der Waals surface area contributed by atoms with E-state index in [-0.39, 0.29) is 24.6 Å². The van der Waals surface area contributed by atoms with Gasteiger partial charge in [-0.05, 0) is 18.9 Å². The second-order valence-corrected chi connectivity index (χ2v) is 5.18. The van der Waals surface area contributed by atoms with E-state index in [4.69, 9.17) is 10.3 Å². The lowest BCUT2D eigenvalue weighted by molar-refractivity contribution is -0.0386. The molecular weight excluding hydrogens is 264 g/mol. The molecule has 0 saturated heterocycles. The summed E-state index contributed by atoms with van der Waals surface area (Å²) in [4.78, 5) is 4.05. The topological polar surface area (TPSA) is 64.9 Å². The molecular formula is C14H15F2N3O. The maximum absolute atomic E-state index is 13.2. The lowest BCUT2D eigenvalue weighted by Crippen LogP contribution is -2.24. The van der Waals surface area contributed by atoms with Crippen LogP contribution in [0.5, 0.6) is 0 Å². The lowest BCUT2D eigenvalue weighted by Gasteiger charge is -2.27. The molecule has 2 heterocycles. The van der Waals surface area contributed by atoms with Crippen molar-refractivity contribution in [2.75, 3.05) is 5.73 Å². The number of anilines is 1. The van der Waals surface area contributed by atoms with Crippen LogP contribution in [-0.2, 0) is 0 Å². The van der Waals surface area contributed by atoms with Gasteiger partial charge in [0.1, 0.15) is 0 Å². The summed E-state index contributed by atoms with van der Waals surface area (Å²) >= 11 is 0. The summed E-state index contributed by atoms with van der Waals surface area (Å²) in [6, 6.07) is 3.65. The van der Waals surface area contributed by atoms with E-state index in [1.807, 2.05) is 6.07 Å². The van der Waals surface area contributed by atoms with Crippen molar-refractivity contribution in [1.29, 1.82) is 0 Å². The van der Waals surface area contributed by atoms with Crippen molar-refractivity contribution in [3.8, 4) is 11.1 Å². The zero-order valence-corrected chi connectivity index (χ0v) is 10.9. The van der Waals surface area contributed by atoms with Crippen molar-refractivity contribution in [1.82, 2.24) is 10.1 Å². The fourth-order valence-corrected chi connectivity index (χ4v) is 2.71. The molecule has 0 radical (unpaired) electrons. The van der Waals surface area contributed by atoms with Gasteiger partial charge in [0.05, 0.1) is 11.3 Å². The molecule has 20 heavy (non-hydrogen) atoms. The second-order valence-electron chi connectivity index (χ2n) is 5.18. The van der Waals surface area contributed by atoms with Crippen molar-refractivity contribution < 1.29 is 13.3 Å². The number of pyridine rings is 1. The monoisotopic (exact) mass is 279 g/mol. The first kappa shape index (κ1) is 13.0. The molecule has 3 rings (SSSR count). The summed E-state index contributed by atoms with van der Waals surface area (Å²) in [7, 11) is 0. The highest BCUT2D eigenvalue weighted by Gasteiger charge is 2.37. The normalized spacial score (nSPS) is 19.1. The molecule has 1 aliphatic carbocycles. The Morgan fingerprint density at radius 1 is 1.30 bits per heavy atom. The maximum atomic E-state index is 13.2. The average molecular weight is 279 g/mol. The van der Waals surface area contributed by atoms with Crippen molar-refractivity contribution in [3.63, 3.8) is 0 Å². The van der Waals surface area contributed by atoms with Crippen LogP contribution in [0.15, 0.2) is 29.0 Å². The summed E-state index contributed by atoms with van der Waals surface area (Å²) in [5, 5.41) is 3.99. The molecule has 1 saturated carbocycles. The predicted octanol–water partition coefficient (Wildman–Crippen LogP) is 3.61. The van der Waals surface area contributed by atoms with Gasteiger partial charge in [-0.3, -0.25) is 4.98 Å². The van der Waals surface area contributed by atoms with Gasteiger partial charge < -0.3 is 10.3 Å². The standard InChI is InChI=1S/C14H15F2N3O/c15-14(16)5-3-9(4-6-14)12-11(13(17)20-19-12)10-2-1-7-18-8-10/h1-2,7-9H,3-6,17H2. The Kier molecular flexibility index (Phi) is 3.16. The van der Waals surface area contributed by atoms with Crippen molar-refractivity contribution in [3.05, 3.63) is 30.2 Å². The molecule has 2 N–H and O–H groups in total. The van der Waals surface area contributed by atoms with Crippen LogP contribution < -0.4 is 5.73 Å². The quantitative estimate of drug-likeness (QED) is 0.912. The smallest absolute Gasteiger partial charge is 0.248 e. The van der Waals surface area contributed by atoms with Gasteiger partial charge in [-0.2, -0.15) is 0 Å². The minimum Gasteiger partial charge on any atom is -0.367 e. The lowest BCUT2D eigenvalue weighted by atomic mass is 9.83. The number of nitrogen functional groups attached to an aromatic ring is 1. The number of hydrogen-bond donors (Lipinski definition) is 1. The minimum atomic E-state index is -2.56. The maximum Gasteiger partial charge on any atom is 0.248 e. The van der Waals surface area contributed by atoms with E-state index >= 15 is 0 Å². The number of alkyl halides is 2. The minimum absolute atomic E-state index is 0.0362. The summed E-state index contributed by atoms with van der Waals surface area (Å²) in [6.07, 6.45) is 3.89. The highest BCUT2D eigenvalue weighted by Crippen LogP contribution is 2.44. The fraction of sp³-hybridized carbons (Fsp3) is 0.429. The highest BCUT2D eigenvalue weighted by atomic mass is 19.3. The summed E-state index contributed by atoms with van der Waals surface area (Å²) in [5.74, 6) is -2.38. The fourth-order valence-electron chi connectivity index (χ4n) is 2.71. The molecule has 2 aromatic rings. The Morgan fingerprint density at radius 3 is 2.70 bits per heavy atom. The molecule has 1 fully saturated rings. The Labute approximate surface area is 115 Å². The molecule has 0 unspecified atom stereocenters. The van der Waals surface area contributed by atoms with Gasteiger partial charge >= 0.3 is 0 Å². The molecule has 0 amide bonds. The Morgan fingerprint density at radius 2 is 2.05 bits per heavy atom. The molecule has 4 nitrogen and oxygen atoms in total. The van der Waals surface area contributed by atoms with E-state index in [1.54, 1.807) is 18.5 Å². The van der Waals surface area contributed by atoms with E-state index in [2.05, 4.69) is 10.1 Å². The number of rotatable bonds is 2. The van der Waals surface area contributed by atoms with Crippen LogP contribution in [0.3, 0.4) is 0 Å². The van der Waals surface area contributed by atoms with E-state index in [0.717, 1.165) is 5.56 Å². The highest BCUT2D eigenvalue weighted by molar-refractivity contribution is 5.74. The van der Waals surface area contributed by atoms with Crippen LogP contribution in [0.25, 0.3) is 11.1 Å². The Hall–Kier alpha value is -1.98. The predicted molar refractivity (Wildman–Crippen MR) is 70.3 cm³/mol. The van der Waals surface area contributed by atoms with Crippen molar-refractivity contribution in [2.45, 2.75) is 37.5 Å².